The normalized spacial score (nSPS) is 12.2. The van der Waals surface area contributed by atoms with Gasteiger partial charge >= 0.3 is 6.18 Å². The molecule has 0 unspecified atom stereocenters. The number of alkyl halides is 3. The molecule has 2 heterocycles. The summed E-state index contributed by atoms with van der Waals surface area (Å²) in [6.07, 6.45) is -2.25. The van der Waals surface area contributed by atoms with Gasteiger partial charge in [0.25, 0.3) is 0 Å². The van der Waals surface area contributed by atoms with Gasteiger partial charge in [0.1, 0.15) is 11.9 Å². The van der Waals surface area contributed by atoms with Crippen LogP contribution >= 0.6 is 0 Å². The maximum Gasteiger partial charge on any atom is 0.420 e. The lowest BCUT2D eigenvalue weighted by Crippen LogP contribution is -2.08. The van der Waals surface area contributed by atoms with E-state index in [4.69, 9.17) is 0 Å². The first-order chi connectivity index (χ1) is 6.09. The molecule has 0 aliphatic carbocycles. The van der Waals surface area contributed by atoms with Crippen molar-refractivity contribution >= 4 is 5.65 Å². The van der Waals surface area contributed by atoms with Crippen molar-refractivity contribution in [3.8, 4) is 0 Å². The van der Waals surface area contributed by atoms with Crippen LogP contribution in [0.2, 0.25) is 0 Å². The van der Waals surface area contributed by atoms with Gasteiger partial charge in [-0.1, -0.05) is 0 Å². The van der Waals surface area contributed by atoms with Crippen LogP contribution in [-0.4, -0.2) is 19.8 Å². The van der Waals surface area contributed by atoms with Gasteiger partial charge in [0.15, 0.2) is 5.65 Å². The Hall–Kier alpha value is -1.66. The van der Waals surface area contributed by atoms with E-state index >= 15 is 0 Å². The average Bonchev–Trinajstić information content (AvgIpc) is 2.48. The molecular weight excluding hydrogens is 185 g/mol. The minimum Gasteiger partial charge on any atom is -0.200 e. The quantitative estimate of drug-likeness (QED) is 0.622. The smallest absolute Gasteiger partial charge is 0.200 e. The van der Waals surface area contributed by atoms with E-state index in [1.54, 1.807) is 0 Å². The minimum atomic E-state index is -4.42. The van der Waals surface area contributed by atoms with Gasteiger partial charge in [-0.25, -0.2) is 0 Å². The summed E-state index contributed by atoms with van der Waals surface area (Å²) < 4.78 is 37.8. The predicted molar refractivity (Wildman–Crippen MR) is 35.8 cm³/mol. The van der Waals surface area contributed by atoms with Gasteiger partial charge in [-0.2, -0.15) is 22.8 Å². The number of hydrogen-bond acceptors (Lipinski definition) is 3. The van der Waals surface area contributed by atoms with E-state index < -0.39 is 11.7 Å². The summed E-state index contributed by atoms with van der Waals surface area (Å²) in [6, 6.07) is 0.865. The van der Waals surface area contributed by atoms with Gasteiger partial charge in [-0.3, -0.25) is 0 Å². The van der Waals surface area contributed by atoms with E-state index in [1.807, 2.05) is 0 Å². The molecule has 0 bridgehead atoms. The van der Waals surface area contributed by atoms with E-state index in [0.29, 0.717) is 0 Å². The molecule has 0 N–H and O–H groups in total. The second kappa shape index (κ2) is 2.41. The van der Waals surface area contributed by atoms with Crippen molar-refractivity contribution in [1.29, 1.82) is 0 Å². The van der Waals surface area contributed by atoms with Crippen LogP contribution in [0.15, 0.2) is 18.6 Å². The fourth-order valence-electron chi connectivity index (χ4n) is 0.967. The van der Waals surface area contributed by atoms with E-state index in [1.165, 1.54) is 0 Å². The van der Waals surface area contributed by atoms with Crippen LogP contribution in [-0.2, 0) is 6.18 Å². The highest BCUT2D eigenvalue weighted by Gasteiger charge is 2.34. The summed E-state index contributed by atoms with van der Waals surface area (Å²) in [4.78, 5) is 0. The molecule has 0 aliphatic rings. The Labute approximate surface area is 70.0 Å². The first-order valence-corrected chi connectivity index (χ1v) is 3.31. The van der Waals surface area contributed by atoms with Gasteiger partial charge < -0.3 is 0 Å². The maximum atomic E-state index is 12.3. The van der Waals surface area contributed by atoms with Gasteiger partial charge in [0.05, 0.1) is 0 Å². The molecule has 0 radical (unpaired) electrons. The number of nitrogens with zero attached hydrogens (tertiary/aromatic N) is 4. The molecule has 0 aromatic carbocycles. The molecule has 0 saturated heterocycles. The van der Waals surface area contributed by atoms with Gasteiger partial charge in [0.2, 0.25) is 0 Å². The summed E-state index contributed by atoms with van der Waals surface area (Å²) >= 11 is 0. The van der Waals surface area contributed by atoms with Crippen LogP contribution in [0.25, 0.3) is 5.65 Å². The first kappa shape index (κ1) is 7.96. The maximum absolute atomic E-state index is 12.3. The van der Waals surface area contributed by atoms with Crippen LogP contribution in [0.1, 0.15) is 5.56 Å². The lowest BCUT2D eigenvalue weighted by atomic mass is 10.3. The highest BCUT2D eigenvalue weighted by Crippen LogP contribution is 2.30. The van der Waals surface area contributed by atoms with E-state index in [-0.39, 0.29) is 5.65 Å². The van der Waals surface area contributed by atoms with E-state index in [2.05, 4.69) is 15.3 Å². The van der Waals surface area contributed by atoms with Crippen molar-refractivity contribution in [3.63, 3.8) is 0 Å². The van der Waals surface area contributed by atoms with Crippen LogP contribution in [0.4, 0.5) is 13.2 Å². The molecule has 0 spiro atoms. The number of halogens is 3. The van der Waals surface area contributed by atoms with Crippen molar-refractivity contribution in [2.45, 2.75) is 6.18 Å². The zero-order valence-corrected chi connectivity index (χ0v) is 6.15. The third kappa shape index (κ3) is 1.21. The minimum absolute atomic E-state index is 0.282. The monoisotopic (exact) mass is 188 g/mol. The lowest BCUT2D eigenvalue weighted by molar-refractivity contribution is -0.136. The van der Waals surface area contributed by atoms with Crippen LogP contribution in [0.3, 0.4) is 0 Å². The molecule has 2 rings (SSSR count). The lowest BCUT2D eigenvalue weighted by Gasteiger charge is -2.05. The van der Waals surface area contributed by atoms with E-state index in [0.717, 1.165) is 23.1 Å². The zero-order valence-electron chi connectivity index (χ0n) is 6.15. The van der Waals surface area contributed by atoms with Gasteiger partial charge in [0, 0.05) is 6.20 Å². The number of aromatic nitrogens is 4. The van der Waals surface area contributed by atoms with Crippen molar-refractivity contribution < 1.29 is 13.2 Å². The van der Waals surface area contributed by atoms with Crippen molar-refractivity contribution in [3.05, 3.63) is 24.2 Å². The Bertz CT molecular complexity index is 433. The van der Waals surface area contributed by atoms with Crippen molar-refractivity contribution in [2.75, 3.05) is 0 Å². The molecule has 7 heteroatoms. The number of rotatable bonds is 0. The Balaban J connectivity index is 2.75. The standard InChI is InChI=1S/C6H3F3N4/c7-6(8,9)4-1-2-11-13-3-10-12-5(4)13/h1-3H. The van der Waals surface area contributed by atoms with Crippen molar-refractivity contribution in [2.24, 2.45) is 0 Å². The SMILES string of the molecule is FC(F)(F)c1ccnn2cnnc12. The Morgan fingerprint density at radius 3 is 2.77 bits per heavy atom. The zero-order chi connectivity index (χ0) is 9.47. The molecule has 0 fully saturated rings. The third-order valence-electron chi connectivity index (χ3n) is 1.51. The van der Waals surface area contributed by atoms with E-state index in [9.17, 15) is 13.2 Å². The van der Waals surface area contributed by atoms with Gasteiger partial charge in [-0.15, -0.1) is 10.2 Å². The summed E-state index contributed by atoms with van der Waals surface area (Å²) in [5.74, 6) is 0. The average molecular weight is 188 g/mol. The largest absolute Gasteiger partial charge is 0.420 e. The van der Waals surface area contributed by atoms with Crippen molar-refractivity contribution in [1.82, 2.24) is 19.8 Å². The molecule has 68 valence electrons. The van der Waals surface area contributed by atoms with Crippen LogP contribution < -0.4 is 0 Å². The Kier molecular flexibility index (Phi) is 1.48. The number of hydrogen-bond donors (Lipinski definition) is 0. The molecule has 2 aromatic rings. The number of fused-ring (bicyclic) bond motifs is 1. The first-order valence-electron chi connectivity index (χ1n) is 3.31. The second-order valence-electron chi connectivity index (χ2n) is 2.34. The molecule has 0 amide bonds. The summed E-state index contributed by atoms with van der Waals surface area (Å²) in [7, 11) is 0. The fourth-order valence-corrected chi connectivity index (χ4v) is 0.967. The highest BCUT2D eigenvalue weighted by molar-refractivity contribution is 5.46. The summed E-state index contributed by atoms with van der Waals surface area (Å²) in [5.41, 5.74) is -1.12. The molecular formula is C6H3F3N4. The highest BCUT2D eigenvalue weighted by atomic mass is 19.4. The van der Waals surface area contributed by atoms with Crippen LogP contribution in [0.5, 0.6) is 0 Å². The second-order valence-corrected chi connectivity index (χ2v) is 2.34. The Morgan fingerprint density at radius 2 is 2.08 bits per heavy atom. The molecule has 13 heavy (non-hydrogen) atoms. The molecule has 0 atom stereocenters. The topological polar surface area (TPSA) is 43.1 Å². The predicted octanol–water partition coefficient (Wildman–Crippen LogP) is 1.14. The molecule has 2 aromatic heterocycles. The third-order valence-corrected chi connectivity index (χ3v) is 1.51. The van der Waals surface area contributed by atoms with Crippen LogP contribution in [0, 0.1) is 0 Å². The Morgan fingerprint density at radius 1 is 1.31 bits per heavy atom. The summed E-state index contributed by atoms with van der Waals surface area (Å²) in [5, 5.41) is 10.2. The molecule has 4 nitrogen and oxygen atoms in total. The molecule has 0 aliphatic heterocycles. The molecule has 0 saturated carbocycles. The summed E-state index contributed by atoms with van der Waals surface area (Å²) in [6.45, 7) is 0. The fraction of sp³-hybridized carbons (Fsp3) is 0.167. The van der Waals surface area contributed by atoms with Gasteiger partial charge in [-0.05, 0) is 6.07 Å².